The van der Waals surface area contributed by atoms with E-state index in [9.17, 15) is 31.1 Å². The first-order valence-electron chi connectivity index (χ1n) is 5.05. The Morgan fingerprint density at radius 2 is 1.70 bits per heavy atom. The summed E-state index contributed by atoms with van der Waals surface area (Å²) in [6.07, 6.45) is -11.2. The van der Waals surface area contributed by atoms with Gasteiger partial charge in [0.05, 0.1) is 13.2 Å². The molecule has 0 radical (unpaired) electrons. The molecule has 1 heterocycles. The van der Waals surface area contributed by atoms with Gasteiger partial charge in [-0.05, 0) is 12.1 Å². The minimum absolute atomic E-state index is 0.541. The number of carbonyl (C=O) groups is 1. The lowest BCUT2D eigenvalue weighted by molar-refractivity contribution is -0.291. The summed E-state index contributed by atoms with van der Waals surface area (Å²) in [4.78, 5) is 11.0. The molecule has 1 unspecified atom stereocenters. The van der Waals surface area contributed by atoms with E-state index >= 15 is 0 Å². The summed E-state index contributed by atoms with van der Waals surface area (Å²) in [6, 6.07) is -0.875. The summed E-state index contributed by atoms with van der Waals surface area (Å²) in [6.45, 7) is 0. The molecule has 0 aromatic carbocycles. The normalized spacial score (nSPS) is 14.4. The lowest BCUT2D eigenvalue weighted by Gasteiger charge is -2.26. The molecule has 0 aliphatic carbocycles. The molecule has 0 aliphatic rings. The van der Waals surface area contributed by atoms with Gasteiger partial charge in [-0.1, -0.05) is 0 Å². The molecule has 10 heteroatoms. The van der Waals surface area contributed by atoms with E-state index in [-0.39, 0.29) is 0 Å². The van der Waals surface area contributed by atoms with Crippen LogP contribution in [-0.2, 0) is 4.74 Å². The highest BCUT2D eigenvalue weighted by atomic mass is 19.4. The van der Waals surface area contributed by atoms with Crippen LogP contribution in [0.4, 0.5) is 26.3 Å². The standard InChI is InChI=1S/C10H9F6NO3/c1-19-8(18)5-3-2-4(20-5)6(17)7(9(11,12)13)10(14,15)16/h2-3,6-7H,17H2,1H3. The number of carbonyl (C=O) groups excluding carboxylic acids is 1. The maximum absolute atomic E-state index is 12.5. The highest BCUT2D eigenvalue weighted by Gasteiger charge is 2.60. The Morgan fingerprint density at radius 1 is 1.20 bits per heavy atom. The fraction of sp³-hybridized carbons (Fsp3) is 0.500. The van der Waals surface area contributed by atoms with E-state index in [0.29, 0.717) is 0 Å². The van der Waals surface area contributed by atoms with E-state index in [1.54, 1.807) is 0 Å². The fourth-order valence-electron chi connectivity index (χ4n) is 1.50. The van der Waals surface area contributed by atoms with Gasteiger partial charge in [0.25, 0.3) is 0 Å². The molecule has 0 spiro atoms. The number of hydrogen-bond acceptors (Lipinski definition) is 4. The molecule has 1 rings (SSSR count). The smallest absolute Gasteiger partial charge is 0.402 e. The molecule has 1 aromatic rings. The van der Waals surface area contributed by atoms with E-state index in [4.69, 9.17) is 5.73 Å². The van der Waals surface area contributed by atoms with E-state index in [0.717, 1.165) is 19.2 Å². The average molecular weight is 305 g/mol. The Bertz CT molecular complexity index is 464. The molecule has 1 aromatic heterocycles. The molecule has 0 aliphatic heterocycles. The Kier molecular flexibility index (Phi) is 4.37. The van der Waals surface area contributed by atoms with E-state index < -0.39 is 41.8 Å². The van der Waals surface area contributed by atoms with Crippen molar-refractivity contribution in [3.05, 3.63) is 23.7 Å². The van der Waals surface area contributed by atoms with Crippen LogP contribution in [0.15, 0.2) is 16.5 Å². The molecule has 20 heavy (non-hydrogen) atoms. The summed E-state index contributed by atoms with van der Waals surface area (Å²) in [7, 11) is 0.971. The van der Waals surface area contributed by atoms with Crippen LogP contribution in [0.3, 0.4) is 0 Å². The second-order valence-corrected chi connectivity index (χ2v) is 3.78. The van der Waals surface area contributed by atoms with Crippen LogP contribution in [0.5, 0.6) is 0 Å². The number of hydrogen-bond donors (Lipinski definition) is 1. The fourth-order valence-corrected chi connectivity index (χ4v) is 1.50. The van der Waals surface area contributed by atoms with Gasteiger partial charge >= 0.3 is 18.3 Å². The van der Waals surface area contributed by atoms with Crippen molar-refractivity contribution in [3.8, 4) is 0 Å². The van der Waals surface area contributed by atoms with Gasteiger partial charge in [0, 0.05) is 0 Å². The van der Waals surface area contributed by atoms with Gasteiger partial charge in [0.15, 0.2) is 5.92 Å². The lowest BCUT2D eigenvalue weighted by Crippen LogP contribution is -2.43. The van der Waals surface area contributed by atoms with Gasteiger partial charge < -0.3 is 14.9 Å². The number of alkyl halides is 6. The summed E-state index contributed by atoms with van der Waals surface area (Å²) < 4.78 is 83.5. The Hall–Kier alpha value is -1.71. The van der Waals surface area contributed by atoms with Gasteiger partial charge in [-0.3, -0.25) is 0 Å². The molecule has 0 amide bonds. The van der Waals surface area contributed by atoms with E-state index in [2.05, 4.69) is 9.15 Å². The minimum Gasteiger partial charge on any atom is -0.463 e. The number of ether oxygens (including phenoxy) is 1. The monoisotopic (exact) mass is 305 g/mol. The zero-order chi connectivity index (χ0) is 15.7. The first-order valence-corrected chi connectivity index (χ1v) is 5.05. The van der Waals surface area contributed by atoms with Gasteiger partial charge in [-0.2, -0.15) is 26.3 Å². The Morgan fingerprint density at radius 3 is 2.10 bits per heavy atom. The third-order valence-corrected chi connectivity index (χ3v) is 2.41. The molecule has 2 N–H and O–H groups in total. The molecule has 0 saturated carbocycles. The number of furan rings is 1. The van der Waals surface area contributed by atoms with Gasteiger partial charge in [0.1, 0.15) is 5.76 Å². The van der Waals surface area contributed by atoms with Crippen molar-refractivity contribution in [2.24, 2.45) is 11.7 Å². The van der Waals surface area contributed by atoms with E-state index in [1.165, 1.54) is 0 Å². The molecular formula is C10H9F6NO3. The Labute approximate surface area is 108 Å². The summed E-state index contributed by atoms with van der Waals surface area (Å²) in [5.41, 5.74) is 4.98. The highest BCUT2D eigenvalue weighted by Crippen LogP contribution is 2.45. The average Bonchev–Trinajstić information content (AvgIpc) is 2.73. The maximum Gasteiger partial charge on any atom is 0.402 e. The summed E-state index contributed by atoms with van der Waals surface area (Å²) >= 11 is 0. The van der Waals surface area contributed by atoms with Crippen molar-refractivity contribution in [1.29, 1.82) is 0 Å². The Balaban J connectivity index is 3.11. The van der Waals surface area contributed by atoms with Crippen molar-refractivity contribution in [1.82, 2.24) is 0 Å². The quantitative estimate of drug-likeness (QED) is 0.689. The molecule has 1 atom stereocenters. The van der Waals surface area contributed by atoms with Gasteiger partial charge in [-0.15, -0.1) is 0 Å². The predicted molar refractivity (Wildman–Crippen MR) is 52.6 cm³/mol. The second kappa shape index (κ2) is 5.35. The minimum atomic E-state index is -5.60. The van der Waals surface area contributed by atoms with Crippen LogP contribution in [0, 0.1) is 5.92 Å². The number of esters is 1. The molecule has 0 bridgehead atoms. The van der Waals surface area contributed by atoms with Crippen molar-refractivity contribution in [3.63, 3.8) is 0 Å². The zero-order valence-electron chi connectivity index (χ0n) is 9.88. The number of halogens is 6. The lowest BCUT2D eigenvalue weighted by atomic mass is 9.97. The first kappa shape index (κ1) is 16.3. The second-order valence-electron chi connectivity index (χ2n) is 3.78. The molecule has 4 nitrogen and oxygen atoms in total. The van der Waals surface area contributed by atoms with Crippen LogP contribution < -0.4 is 5.73 Å². The molecular weight excluding hydrogens is 296 g/mol. The summed E-state index contributed by atoms with van der Waals surface area (Å²) in [5.74, 6) is -6.20. The van der Waals surface area contributed by atoms with Gasteiger partial charge in [-0.25, -0.2) is 4.79 Å². The van der Waals surface area contributed by atoms with Crippen molar-refractivity contribution >= 4 is 5.97 Å². The molecule has 0 saturated heterocycles. The third kappa shape index (κ3) is 3.44. The zero-order valence-corrected chi connectivity index (χ0v) is 9.88. The van der Waals surface area contributed by atoms with Crippen LogP contribution in [0.2, 0.25) is 0 Å². The van der Waals surface area contributed by atoms with Crippen molar-refractivity contribution in [2.45, 2.75) is 18.4 Å². The van der Waals surface area contributed by atoms with Crippen molar-refractivity contribution < 1.29 is 40.3 Å². The SMILES string of the molecule is COC(=O)c1ccc(C(N)C(C(F)(F)F)C(F)(F)F)o1. The molecule has 114 valence electrons. The first-order chi connectivity index (χ1) is 8.98. The number of rotatable bonds is 3. The van der Waals surface area contributed by atoms with Crippen molar-refractivity contribution in [2.75, 3.05) is 7.11 Å². The number of nitrogens with two attached hydrogens (primary N) is 1. The van der Waals surface area contributed by atoms with Gasteiger partial charge in [0.2, 0.25) is 5.76 Å². The highest BCUT2D eigenvalue weighted by molar-refractivity contribution is 5.86. The largest absolute Gasteiger partial charge is 0.463 e. The van der Waals surface area contributed by atoms with Crippen LogP contribution in [0.1, 0.15) is 22.4 Å². The predicted octanol–water partition coefficient (Wildman–Crippen LogP) is 2.81. The van der Waals surface area contributed by atoms with E-state index in [1.807, 2.05) is 0 Å². The summed E-state index contributed by atoms with van der Waals surface area (Å²) in [5, 5.41) is 0. The topological polar surface area (TPSA) is 65.5 Å². The number of methoxy groups -OCH3 is 1. The third-order valence-electron chi connectivity index (χ3n) is 2.41. The van der Waals surface area contributed by atoms with Crippen LogP contribution in [0.25, 0.3) is 0 Å². The maximum atomic E-state index is 12.5. The van der Waals surface area contributed by atoms with Crippen LogP contribution in [-0.4, -0.2) is 25.4 Å². The van der Waals surface area contributed by atoms with Crippen LogP contribution >= 0.6 is 0 Å². The molecule has 0 fully saturated rings.